The lowest BCUT2D eigenvalue weighted by atomic mass is 10.1. The Balaban J connectivity index is 0.00000400. The number of halogens is 2. The van der Waals surface area contributed by atoms with Crippen LogP contribution in [0.2, 0.25) is 5.02 Å². The van der Waals surface area contributed by atoms with Crippen LogP contribution in [0.4, 0.5) is 0 Å². The van der Waals surface area contributed by atoms with Crippen molar-refractivity contribution in [1.82, 2.24) is 0 Å². The van der Waals surface area contributed by atoms with Gasteiger partial charge in [0.15, 0.2) is 0 Å². The lowest BCUT2D eigenvalue weighted by Gasteiger charge is -2.26. The van der Waals surface area contributed by atoms with Crippen molar-refractivity contribution in [3.63, 3.8) is 0 Å². The second-order valence-electron chi connectivity index (χ2n) is 4.54. The van der Waals surface area contributed by atoms with E-state index in [1.807, 2.05) is 18.2 Å². The number of ether oxygens (including phenoxy) is 1. The summed E-state index contributed by atoms with van der Waals surface area (Å²) in [4.78, 5) is 12.1. The molecule has 0 fully saturated rings. The molecule has 0 spiro atoms. The lowest BCUT2D eigenvalue weighted by Crippen LogP contribution is -3.00. The van der Waals surface area contributed by atoms with Gasteiger partial charge in [0.05, 0.1) is 25.6 Å². The average Bonchev–Trinajstić information content (AvgIpc) is 2.50. The zero-order chi connectivity index (χ0) is 15.2. The molecule has 0 aliphatic carbocycles. The maximum atomic E-state index is 12.1. The summed E-state index contributed by atoms with van der Waals surface area (Å²) in [5.41, 5.74) is 0.681. The molecule has 3 nitrogen and oxygen atoms in total. The Morgan fingerprint density at radius 1 is 1.19 bits per heavy atom. The Hall–Kier alpha value is -0.340. The third kappa shape index (κ3) is 5.10. The van der Waals surface area contributed by atoms with E-state index in [9.17, 15) is 4.79 Å². The van der Waals surface area contributed by atoms with E-state index < -0.39 is 19.6 Å². The first-order chi connectivity index (χ1) is 9.53. The highest BCUT2D eigenvalue weighted by Crippen LogP contribution is 2.62. The number of methoxy groups -OCH3 is 1. The minimum atomic E-state index is -1.61. The van der Waals surface area contributed by atoms with Gasteiger partial charge in [0, 0.05) is 10.6 Å². The van der Waals surface area contributed by atoms with E-state index in [-0.39, 0.29) is 12.4 Å². The highest BCUT2D eigenvalue weighted by molar-refractivity contribution is 7.71. The Morgan fingerprint density at radius 3 is 2.14 bits per heavy atom. The summed E-state index contributed by atoms with van der Waals surface area (Å²) < 4.78 is 11.2. The van der Waals surface area contributed by atoms with Crippen molar-refractivity contribution >= 4 is 25.1 Å². The maximum absolute atomic E-state index is 12.1. The number of hydrogen-bond acceptors (Lipinski definition) is 3. The van der Waals surface area contributed by atoms with E-state index in [2.05, 4.69) is 20.8 Å². The molecule has 0 aromatic heterocycles. The van der Waals surface area contributed by atoms with Crippen molar-refractivity contribution in [1.29, 1.82) is 0 Å². The van der Waals surface area contributed by atoms with Crippen molar-refractivity contribution in [2.45, 2.75) is 26.9 Å². The van der Waals surface area contributed by atoms with Crippen LogP contribution in [-0.2, 0) is 14.1 Å². The molecule has 0 unspecified atom stereocenters. The highest BCUT2D eigenvalue weighted by atomic mass is 35.5. The molecular formula is C15H23Cl2O3P. The summed E-state index contributed by atoms with van der Waals surface area (Å²) in [6, 6.07) is 7.27. The second-order valence-corrected chi connectivity index (χ2v) is 9.17. The van der Waals surface area contributed by atoms with Crippen molar-refractivity contribution in [2.24, 2.45) is 0 Å². The molecule has 1 rings (SSSR count). The van der Waals surface area contributed by atoms with Crippen LogP contribution in [0, 0.1) is 0 Å². The first-order valence-electron chi connectivity index (χ1n) is 6.90. The zero-order valence-corrected chi connectivity index (χ0v) is 15.3. The van der Waals surface area contributed by atoms with Crippen molar-refractivity contribution < 1.29 is 26.5 Å². The third-order valence-corrected chi connectivity index (χ3v) is 8.12. The summed E-state index contributed by atoms with van der Waals surface area (Å²) in [6.45, 7) is 6.34. The topological polar surface area (TPSA) is 35.5 Å². The third-order valence-electron chi connectivity index (χ3n) is 3.66. The number of esters is 1. The summed E-state index contributed by atoms with van der Waals surface area (Å²) in [6.07, 6.45) is 2.09. The van der Waals surface area contributed by atoms with Crippen molar-refractivity contribution in [2.75, 3.05) is 25.6 Å². The molecule has 0 bridgehead atoms. The number of hydrogen-bond donors (Lipinski definition) is 0. The minimum Gasteiger partial charge on any atom is -1.00 e. The predicted octanol–water partition coefficient (Wildman–Crippen LogP) is 1.57. The van der Waals surface area contributed by atoms with E-state index in [0.29, 0.717) is 10.6 Å². The fourth-order valence-electron chi connectivity index (χ4n) is 2.14. The van der Waals surface area contributed by atoms with Gasteiger partial charge in [-0.2, -0.15) is 0 Å². The van der Waals surface area contributed by atoms with Crippen LogP contribution in [-0.4, -0.2) is 31.6 Å². The average molecular weight is 353 g/mol. The van der Waals surface area contributed by atoms with Gasteiger partial charge in [0.25, 0.3) is 0 Å². The molecule has 0 heterocycles. The van der Waals surface area contributed by atoms with Gasteiger partial charge in [-0.15, -0.1) is 0 Å². The van der Waals surface area contributed by atoms with Gasteiger partial charge in [0.2, 0.25) is 6.10 Å². The Kier molecular flexibility index (Phi) is 9.48. The maximum Gasteiger partial charge on any atom is 0.344 e. The lowest BCUT2D eigenvalue weighted by molar-refractivity contribution is -0.149. The van der Waals surface area contributed by atoms with E-state index in [4.69, 9.17) is 20.9 Å². The number of benzene rings is 1. The Bertz CT molecular complexity index is 442. The van der Waals surface area contributed by atoms with Gasteiger partial charge in [-0.05, 0) is 26.8 Å². The fraction of sp³-hybridized carbons (Fsp3) is 0.533. The Labute approximate surface area is 139 Å². The fourth-order valence-corrected chi connectivity index (χ4v) is 4.81. The van der Waals surface area contributed by atoms with Gasteiger partial charge in [-0.3, -0.25) is 0 Å². The molecule has 21 heavy (non-hydrogen) atoms. The predicted molar refractivity (Wildman–Crippen MR) is 85.8 cm³/mol. The molecule has 0 amide bonds. The number of carbonyl (C=O) groups is 1. The summed E-state index contributed by atoms with van der Waals surface area (Å²) >= 11 is 6.20. The van der Waals surface area contributed by atoms with Gasteiger partial charge in [-0.1, -0.05) is 29.8 Å². The molecule has 0 radical (unpaired) electrons. The van der Waals surface area contributed by atoms with Crippen LogP contribution < -0.4 is 12.4 Å². The molecule has 1 atom stereocenters. The summed E-state index contributed by atoms with van der Waals surface area (Å²) in [5.74, 6) is -0.391. The first kappa shape index (κ1) is 20.7. The standard InChI is InChI=1S/C15H23ClO3P.ClH/c1-5-20(6-2,7-3)19-14(15(17)18-4)12-10-8-9-11-13(12)16;/h8-11,14H,5-7H2,1-4H3;1H/q+1;/p-1/t14-;/m1./s1. The summed E-state index contributed by atoms with van der Waals surface area (Å²) in [5, 5.41) is 0.532. The molecule has 120 valence electrons. The summed E-state index contributed by atoms with van der Waals surface area (Å²) in [7, 11) is -0.232. The van der Waals surface area contributed by atoms with Crippen LogP contribution in [0.25, 0.3) is 0 Å². The largest absolute Gasteiger partial charge is 1.00 e. The normalized spacial score (nSPS) is 12.4. The van der Waals surface area contributed by atoms with Crippen molar-refractivity contribution in [3.05, 3.63) is 34.9 Å². The highest BCUT2D eigenvalue weighted by Gasteiger charge is 2.41. The van der Waals surface area contributed by atoms with E-state index in [1.54, 1.807) is 6.07 Å². The molecule has 0 aliphatic rings. The number of carbonyl (C=O) groups excluding carboxylic acids is 1. The van der Waals surface area contributed by atoms with Gasteiger partial charge >= 0.3 is 5.97 Å². The second kappa shape index (κ2) is 9.63. The van der Waals surface area contributed by atoms with E-state index in [0.717, 1.165) is 18.5 Å². The zero-order valence-electron chi connectivity index (χ0n) is 12.9. The van der Waals surface area contributed by atoms with Crippen molar-refractivity contribution in [3.8, 4) is 0 Å². The molecule has 0 N–H and O–H groups in total. The van der Waals surface area contributed by atoms with Crippen LogP contribution in [0.15, 0.2) is 24.3 Å². The molecule has 0 saturated heterocycles. The van der Waals surface area contributed by atoms with Gasteiger partial charge < -0.3 is 17.1 Å². The van der Waals surface area contributed by atoms with Crippen LogP contribution in [0.5, 0.6) is 0 Å². The minimum absolute atomic E-state index is 0. The number of rotatable bonds is 7. The molecular weight excluding hydrogens is 330 g/mol. The molecule has 6 heteroatoms. The molecule has 0 aliphatic heterocycles. The first-order valence-corrected chi connectivity index (χ1v) is 9.54. The SMILES string of the molecule is CC[P+](CC)(CC)O[C@@H](C(=O)OC)c1ccccc1Cl.[Cl-]. The van der Waals surface area contributed by atoms with E-state index in [1.165, 1.54) is 7.11 Å². The molecule has 1 aromatic carbocycles. The quantitative estimate of drug-likeness (QED) is 0.552. The molecule has 1 aromatic rings. The van der Waals surface area contributed by atoms with E-state index >= 15 is 0 Å². The van der Waals surface area contributed by atoms with Gasteiger partial charge in [-0.25, -0.2) is 9.32 Å². The van der Waals surface area contributed by atoms with Gasteiger partial charge in [0.1, 0.15) is 7.49 Å². The van der Waals surface area contributed by atoms with Crippen LogP contribution in [0.3, 0.4) is 0 Å². The van der Waals surface area contributed by atoms with Crippen LogP contribution >= 0.6 is 19.1 Å². The van der Waals surface area contributed by atoms with Crippen LogP contribution in [0.1, 0.15) is 32.4 Å². The molecule has 0 saturated carbocycles. The monoisotopic (exact) mass is 352 g/mol. The smallest absolute Gasteiger partial charge is 0.344 e. The Morgan fingerprint density at radius 2 is 1.71 bits per heavy atom.